The highest BCUT2D eigenvalue weighted by atomic mass is 32.2. The van der Waals surface area contributed by atoms with Gasteiger partial charge in [-0.25, -0.2) is 13.6 Å². The van der Waals surface area contributed by atoms with Crippen molar-refractivity contribution in [2.24, 2.45) is 11.1 Å². The van der Waals surface area contributed by atoms with Gasteiger partial charge in [-0.3, -0.25) is 0 Å². The van der Waals surface area contributed by atoms with Gasteiger partial charge in [0.15, 0.2) is 0 Å². The van der Waals surface area contributed by atoms with Crippen molar-refractivity contribution < 1.29 is 8.42 Å². The molecule has 0 unspecified atom stereocenters. The fourth-order valence-electron chi connectivity index (χ4n) is 2.76. The molecule has 1 aromatic rings. The molecule has 0 aliphatic heterocycles. The Morgan fingerprint density at radius 3 is 2.42 bits per heavy atom. The Morgan fingerprint density at radius 1 is 1.26 bits per heavy atom. The van der Waals surface area contributed by atoms with E-state index in [9.17, 15) is 8.42 Å². The number of nitrogens with two attached hydrogens (primary N) is 1. The highest BCUT2D eigenvalue weighted by Gasteiger charge is 2.28. The first-order valence-corrected chi connectivity index (χ1v) is 8.44. The van der Waals surface area contributed by atoms with Crippen LogP contribution in [0, 0.1) is 5.92 Å². The monoisotopic (exact) mass is 286 g/mol. The molecular formula is C12H22N4O2S. The van der Waals surface area contributed by atoms with Crippen LogP contribution in [0.2, 0.25) is 0 Å². The Balaban J connectivity index is 2.33. The van der Waals surface area contributed by atoms with Crippen molar-refractivity contribution in [1.82, 2.24) is 14.8 Å². The van der Waals surface area contributed by atoms with Gasteiger partial charge in [-0.05, 0) is 25.2 Å². The molecule has 1 aliphatic rings. The van der Waals surface area contributed by atoms with Gasteiger partial charge in [0.1, 0.15) is 5.82 Å². The number of rotatable bonds is 4. The van der Waals surface area contributed by atoms with E-state index < -0.39 is 10.0 Å². The number of sulfonamides is 1. The number of hydrogen-bond acceptors (Lipinski definition) is 4. The zero-order valence-corrected chi connectivity index (χ0v) is 12.4. The molecule has 6 nitrogen and oxygen atoms in total. The van der Waals surface area contributed by atoms with Gasteiger partial charge < -0.3 is 4.57 Å². The Labute approximate surface area is 114 Å². The van der Waals surface area contributed by atoms with Crippen LogP contribution in [0.15, 0.2) is 5.16 Å². The smallest absolute Gasteiger partial charge is 0.273 e. The largest absolute Gasteiger partial charge is 0.301 e. The van der Waals surface area contributed by atoms with Gasteiger partial charge in [0.05, 0.1) is 0 Å². The van der Waals surface area contributed by atoms with E-state index in [1.807, 2.05) is 6.92 Å². The van der Waals surface area contributed by atoms with Crippen molar-refractivity contribution in [2.75, 3.05) is 0 Å². The van der Waals surface area contributed by atoms with Crippen molar-refractivity contribution in [3.05, 3.63) is 5.82 Å². The van der Waals surface area contributed by atoms with Gasteiger partial charge in [-0.1, -0.05) is 26.7 Å². The molecule has 1 aliphatic carbocycles. The summed E-state index contributed by atoms with van der Waals surface area (Å²) in [5, 5.41) is 13.0. The second-order valence-corrected chi connectivity index (χ2v) is 6.95. The second-order valence-electron chi connectivity index (χ2n) is 5.49. The first-order valence-electron chi connectivity index (χ1n) is 6.89. The van der Waals surface area contributed by atoms with E-state index in [-0.39, 0.29) is 5.16 Å². The predicted octanol–water partition coefficient (Wildman–Crippen LogP) is 1.63. The molecule has 0 atom stereocenters. The molecule has 108 valence electrons. The molecule has 2 rings (SSSR count). The number of aromatic nitrogens is 3. The summed E-state index contributed by atoms with van der Waals surface area (Å²) >= 11 is 0. The standard InChI is InChI=1S/C12H22N4O2S/c1-3-8-16-11(10-6-4-9(2)5-7-10)14-15-12(16)19(13,17)18/h9-10H,3-8H2,1-2H3,(H2,13,17,18). The summed E-state index contributed by atoms with van der Waals surface area (Å²) in [5.41, 5.74) is 0. The quantitative estimate of drug-likeness (QED) is 0.910. The maximum Gasteiger partial charge on any atom is 0.273 e. The van der Waals surface area contributed by atoms with E-state index >= 15 is 0 Å². The Morgan fingerprint density at radius 2 is 1.89 bits per heavy atom. The average Bonchev–Trinajstić information content (AvgIpc) is 2.74. The van der Waals surface area contributed by atoms with Gasteiger partial charge in [0.25, 0.3) is 15.2 Å². The van der Waals surface area contributed by atoms with Crippen LogP contribution in [-0.2, 0) is 16.6 Å². The molecule has 2 N–H and O–H groups in total. The van der Waals surface area contributed by atoms with Gasteiger partial charge in [0.2, 0.25) is 0 Å². The summed E-state index contributed by atoms with van der Waals surface area (Å²) in [6.45, 7) is 4.85. The fourth-order valence-corrected chi connectivity index (χ4v) is 3.41. The third-order valence-corrected chi connectivity index (χ3v) is 4.64. The summed E-state index contributed by atoms with van der Waals surface area (Å²) in [5.74, 6) is 1.85. The Bertz CT molecular complexity index is 530. The van der Waals surface area contributed by atoms with Crippen LogP contribution in [0.25, 0.3) is 0 Å². The van der Waals surface area contributed by atoms with Crippen molar-refractivity contribution in [3.8, 4) is 0 Å². The first kappa shape index (κ1) is 14.5. The van der Waals surface area contributed by atoms with E-state index in [1.165, 1.54) is 0 Å². The summed E-state index contributed by atoms with van der Waals surface area (Å²) in [4.78, 5) is 0. The molecular weight excluding hydrogens is 264 g/mol. The fraction of sp³-hybridized carbons (Fsp3) is 0.833. The highest BCUT2D eigenvalue weighted by molar-refractivity contribution is 7.89. The van der Waals surface area contributed by atoms with Gasteiger partial charge in [-0.2, -0.15) is 0 Å². The van der Waals surface area contributed by atoms with Crippen LogP contribution in [-0.4, -0.2) is 23.2 Å². The molecule has 0 aromatic carbocycles. The van der Waals surface area contributed by atoms with Crippen LogP contribution < -0.4 is 5.14 Å². The van der Waals surface area contributed by atoms with E-state index in [2.05, 4.69) is 17.1 Å². The zero-order valence-electron chi connectivity index (χ0n) is 11.5. The van der Waals surface area contributed by atoms with E-state index in [4.69, 9.17) is 5.14 Å². The summed E-state index contributed by atoms with van der Waals surface area (Å²) in [7, 11) is -3.79. The van der Waals surface area contributed by atoms with Crippen molar-refractivity contribution in [3.63, 3.8) is 0 Å². The third-order valence-electron chi connectivity index (χ3n) is 3.83. The van der Waals surface area contributed by atoms with Gasteiger partial charge in [-0.15, -0.1) is 10.2 Å². The van der Waals surface area contributed by atoms with E-state index in [1.54, 1.807) is 4.57 Å². The zero-order chi connectivity index (χ0) is 14.0. The van der Waals surface area contributed by atoms with Crippen molar-refractivity contribution in [1.29, 1.82) is 0 Å². The van der Waals surface area contributed by atoms with Crippen LogP contribution in [0.4, 0.5) is 0 Å². The maximum atomic E-state index is 11.5. The second kappa shape index (κ2) is 5.58. The lowest BCUT2D eigenvalue weighted by Crippen LogP contribution is -2.21. The van der Waals surface area contributed by atoms with E-state index in [0.717, 1.165) is 43.8 Å². The number of nitrogens with zero attached hydrogens (tertiary/aromatic N) is 3. The maximum absolute atomic E-state index is 11.5. The molecule has 0 amide bonds. The SMILES string of the molecule is CCCn1c(C2CCC(C)CC2)nnc1S(N)(=O)=O. The minimum absolute atomic E-state index is 0.0945. The molecule has 0 spiro atoms. The molecule has 1 aromatic heterocycles. The molecule has 1 saturated carbocycles. The van der Waals surface area contributed by atoms with Crippen LogP contribution >= 0.6 is 0 Å². The lowest BCUT2D eigenvalue weighted by atomic mass is 9.82. The third kappa shape index (κ3) is 3.14. The summed E-state index contributed by atoms with van der Waals surface area (Å²) < 4.78 is 24.8. The van der Waals surface area contributed by atoms with Crippen LogP contribution in [0.1, 0.15) is 57.7 Å². The lowest BCUT2D eigenvalue weighted by Gasteiger charge is -2.25. The first-order chi connectivity index (χ1) is 8.93. The Kier molecular flexibility index (Phi) is 4.25. The lowest BCUT2D eigenvalue weighted by molar-refractivity contribution is 0.331. The topological polar surface area (TPSA) is 90.9 Å². The molecule has 0 saturated heterocycles. The molecule has 19 heavy (non-hydrogen) atoms. The van der Waals surface area contributed by atoms with Gasteiger partial charge >= 0.3 is 0 Å². The van der Waals surface area contributed by atoms with Crippen LogP contribution in [0.3, 0.4) is 0 Å². The Hall–Kier alpha value is -0.950. The molecule has 7 heteroatoms. The number of primary sulfonamides is 1. The number of hydrogen-bond donors (Lipinski definition) is 1. The van der Waals surface area contributed by atoms with Crippen molar-refractivity contribution >= 4 is 10.0 Å². The molecule has 0 radical (unpaired) electrons. The van der Waals surface area contributed by atoms with Gasteiger partial charge in [0, 0.05) is 12.5 Å². The molecule has 1 fully saturated rings. The minimum Gasteiger partial charge on any atom is -0.301 e. The normalized spacial score (nSPS) is 24.6. The average molecular weight is 286 g/mol. The molecule has 0 bridgehead atoms. The summed E-state index contributed by atoms with van der Waals surface area (Å²) in [6.07, 6.45) is 5.25. The molecule has 1 heterocycles. The van der Waals surface area contributed by atoms with Crippen molar-refractivity contribution in [2.45, 2.75) is 63.6 Å². The highest BCUT2D eigenvalue weighted by Crippen LogP contribution is 2.35. The minimum atomic E-state index is -3.79. The predicted molar refractivity (Wildman–Crippen MR) is 72.1 cm³/mol. The summed E-state index contributed by atoms with van der Waals surface area (Å²) in [6, 6.07) is 0. The van der Waals surface area contributed by atoms with Crippen LogP contribution in [0.5, 0.6) is 0 Å². The van der Waals surface area contributed by atoms with E-state index in [0.29, 0.717) is 12.5 Å².